The van der Waals surface area contributed by atoms with E-state index in [4.69, 9.17) is 14.2 Å². The third kappa shape index (κ3) is 2.98. The lowest BCUT2D eigenvalue weighted by Gasteiger charge is -2.27. The molecule has 0 bridgehead atoms. The van der Waals surface area contributed by atoms with Gasteiger partial charge in [-0.2, -0.15) is 11.8 Å². The van der Waals surface area contributed by atoms with Crippen LogP contribution < -0.4 is 4.74 Å². The van der Waals surface area contributed by atoms with Crippen LogP contribution in [0.25, 0.3) is 0 Å². The number of nitrogens with zero attached hydrogens (tertiary/aromatic N) is 1. The second kappa shape index (κ2) is 6.22. The van der Waals surface area contributed by atoms with Crippen molar-refractivity contribution >= 4 is 27.7 Å². The molecule has 3 heterocycles. The predicted octanol–water partition coefficient (Wildman–Crippen LogP) is 2.85. The lowest BCUT2D eigenvalue weighted by atomic mass is 9.98. The van der Waals surface area contributed by atoms with E-state index in [1.807, 2.05) is 23.9 Å². The molecule has 0 N–H and O–H groups in total. The van der Waals surface area contributed by atoms with Crippen LogP contribution >= 0.6 is 27.7 Å². The summed E-state index contributed by atoms with van der Waals surface area (Å²) in [5.74, 6) is 3.94. The van der Waals surface area contributed by atoms with Gasteiger partial charge in [-0.1, -0.05) is 0 Å². The highest BCUT2D eigenvalue weighted by Crippen LogP contribution is 2.35. The Labute approximate surface area is 131 Å². The Kier molecular flexibility index (Phi) is 4.55. The number of hydrogen-bond acceptors (Lipinski definition) is 5. The zero-order valence-electron chi connectivity index (χ0n) is 11.4. The lowest BCUT2D eigenvalue weighted by Crippen LogP contribution is -2.30. The summed E-state index contributed by atoms with van der Waals surface area (Å²) in [6.07, 6.45) is 0.825. The van der Waals surface area contributed by atoms with Crippen molar-refractivity contribution in [1.82, 2.24) is 4.98 Å². The number of aromatic nitrogens is 1. The van der Waals surface area contributed by atoms with Gasteiger partial charge in [-0.3, -0.25) is 0 Å². The molecular formula is C14H18BrNO3S. The van der Waals surface area contributed by atoms with Crippen molar-refractivity contribution in [2.24, 2.45) is 5.92 Å². The van der Waals surface area contributed by atoms with E-state index >= 15 is 0 Å². The minimum absolute atomic E-state index is 0.436. The zero-order chi connectivity index (χ0) is 14.0. The van der Waals surface area contributed by atoms with E-state index in [-0.39, 0.29) is 0 Å². The van der Waals surface area contributed by atoms with Crippen molar-refractivity contribution in [3.05, 3.63) is 22.4 Å². The molecule has 3 rings (SSSR count). The molecule has 2 aliphatic heterocycles. The Morgan fingerprint density at radius 2 is 2.35 bits per heavy atom. The van der Waals surface area contributed by atoms with Gasteiger partial charge in [0.25, 0.3) is 0 Å². The van der Waals surface area contributed by atoms with Crippen LogP contribution in [0.1, 0.15) is 12.1 Å². The molecule has 1 aromatic rings. The molecule has 0 aliphatic carbocycles. The highest BCUT2D eigenvalue weighted by molar-refractivity contribution is 9.10. The summed E-state index contributed by atoms with van der Waals surface area (Å²) < 4.78 is 17.8. The van der Waals surface area contributed by atoms with Crippen LogP contribution in [0.4, 0.5) is 0 Å². The molecule has 0 saturated carbocycles. The van der Waals surface area contributed by atoms with Crippen molar-refractivity contribution in [1.29, 1.82) is 0 Å². The van der Waals surface area contributed by atoms with Gasteiger partial charge in [-0.05, 0) is 15.9 Å². The fourth-order valence-corrected chi connectivity index (χ4v) is 3.58. The van der Waals surface area contributed by atoms with Gasteiger partial charge in [0, 0.05) is 49.7 Å². The van der Waals surface area contributed by atoms with E-state index in [2.05, 4.69) is 20.9 Å². The number of methoxy groups -OCH3 is 1. The van der Waals surface area contributed by atoms with Crippen LogP contribution in [0.5, 0.6) is 5.75 Å². The number of thioether (sulfide) groups is 1. The SMILES string of the molecule is CO[C@]1(c2cc(OCC3CSC3)cc(Br)n2)CCOC1. The van der Waals surface area contributed by atoms with E-state index in [0.717, 1.165) is 29.1 Å². The van der Waals surface area contributed by atoms with Gasteiger partial charge in [0.2, 0.25) is 0 Å². The maximum absolute atomic E-state index is 5.90. The highest BCUT2D eigenvalue weighted by Gasteiger charge is 2.38. The third-order valence-electron chi connectivity index (χ3n) is 3.80. The quantitative estimate of drug-likeness (QED) is 0.756. The maximum atomic E-state index is 5.90. The number of rotatable bonds is 5. The van der Waals surface area contributed by atoms with E-state index < -0.39 is 5.60 Å². The summed E-state index contributed by atoms with van der Waals surface area (Å²) in [7, 11) is 1.71. The molecule has 2 aliphatic rings. The Morgan fingerprint density at radius 1 is 1.50 bits per heavy atom. The molecule has 0 spiro atoms. The van der Waals surface area contributed by atoms with Crippen LogP contribution in [0, 0.1) is 5.92 Å². The first-order valence-electron chi connectivity index (χ1n) is 6.73. The summed E-state index contributed by atoms with van der Waals surface area (Å²) in [6, 6.07) is 3.89. The molecule has 0 unspecified atom stereocenters. The van der Waals surface area contributed by atoms with Gasteiger partial charge in [0.05, 0.1) is 18.9 Å². The van der Waals surface area contributed by atoms with Crippen molar-refractivity contribution in [2.75, 3.05) is 38.4 Å². The second-order valence-electron chi connectivity index (χ2n) is 5.23. The number of halogens is 1. The summed E-state index contributed by atoms with van der Waals surface area (Å²) in [5.41, 5.74) is 0.443. The Morgan fingerprint density at radius 3 is 2.95 bits per heavy atom. The number of pyridine rings is 1. The van der Waals surface area contributed by atoms with E-state index in [1.54, 1.807) is 7.11 Å². The largest absolute Gasteiger partial charge is 0.493 e. The van der Waals surface area contributed by atoms with Gasteiger partial charge in [0.1, 0.15) is 16.0 Å². The minimum atomic E-state index is -0.436. The smallest absolute Gasteiger partial charge is 0.135 e. The molecule has 2 fully saturated rings. The van der Waals surface area contributed by atoms with Crippen LogP contribution in [0.15, 0.2) is 16.7 Å². The van der Waals surface area contributed by atoms with Crippen LogP contribution in [0.3, 0.4) is 0 Å². The van der Waals surface area contributed by atoms with Gasteiger partial charge < -0.3 is 14.2 Å². The molecule has 6 heteroatoms. The molecule has 20 heavy (non-hydrogen) atoms. The van der Waals surface area contributed by atoms with E-state index in [9.17, 15) is 0 Å². The molecule has 0 radical (unpaired) electrons. The molecule has 1 aromatic heterocycles. The van der Waals surface area contributed by atoms with Crippen LogP contribution in [-0.2, 0) is 15.1 Å². The van der Waals surface area contributed by atoms with Crippen molar-refractivity contribution in [2.45, 2.75) is 12.0 Å². The Balaban J connectivity index is 1.78. The second-order valence-corrected chi connectivity index (χ2v) is 7.11. The fourth-order valence-electron chi connectivity index (χ4n) is 2.40. The summed E-state index contributed by atoms with van der Waals surface area (Å²) in [6.45, 7) is 2.03. The summed E-state index contributed by atoms with van der Waals surface area (Å²) in [4.78, 5) is 4.55. The number of ether oxygens (including phenoxy) is 3. The van der Waals surface area contributed by atoms with E-state index in [0.29, 0.717) is 19.1 Å². The Hall–Kier alpha value is -0.300. The standard InChI is InChI=1S/C14H18BrNO3S/c1-17-14(2-3-18-9-14)12-4-11(5-13(15)16-12)19-6-10-7-20-8-10/h4-5,10H,2-3,6-9H2,1H3/t14-/m1/s1. The number of hydrogen-bond donors (Lipinski definition) is 0. The Bertz CT molecular complexity index is 475. The zero-order valence-corrected chi connectivity index (χ0v) is 13.8. The van der Waals surface area contributed by atoms with Gasteiger partial charge in [0.15, 0.2) is 0 Å². The lowest BCUT2D eigenvalue weighted by molar-refractivity contribution is -0.0248. The predicted molar refractivity (Wildman–Crippen MR) is 82.4 cm³/mol. The molecule has 1 atom stereocenters. The summed E-state index contributed by atoms with van der Waals surface area (Å²) >= 11 is 5.43. The monoisotopic (exact) mass is 359 g/mol. The van der Waals surface area contributed by atoms with Crippen molar-refractivity contribution < 1.29 is 14.2 Å². The van der Waals surface area contributed by atoms with Crippen LogP contribution in [0.2, 0.25) is 0 Å². The molecule has 4 nitrogen and oxygen atoms in total. The third-order valence-corrected chi connectivity index (χ3v) is 5.62. The molecular weight excluding hydrogens is 342 g/mol. The van der Waals surface area contributed by atoms with Crippen molar-refractivity contribution in [3.63, 3.8) is 0 Å². The first-order chi connectivity index (χ1) is 9.72. The fraction of sp³-hybridized carbons (Fsp3) is 0.643. The summed E-state index contributed by atoms with van der Waals surface area (Å²) in [5, 5.41) is 0. The van der Waals surface area contributed by atoms with Crippen LogP contribution in [-0.4, -0.2) is 43.4 Å². The molecule has 0 amide bonds. The topological polar surface area (TPSA) is 40.6 Å². The van der Waals surface area contributed by atoms with Gasteiger partial charge in [-0.25, -0.2) is 4.98 Å². The first-order valence-corrected chi connectivity index (χ1v) is 8.68. The molecule has 110 valence electrons. The maximum Gasteiger partial charge on any atom is 0.135 e. The van der Waals surface area contributed by atoms with Gasteiger partial charge in [-0.15, -0.1) is 0 Å². The average molecular weight is 360 g/mol. The first kappa shape index (κ1) is 14.6. The van der Waals surface area contributed by atoms with Crippen molar-refractivity contribution in [3.8, 4) is 5.75 Å². The average Bonchev–Trinajstić information content (AvgIpc) is 2.86. The normalized spacial score (nSPS) is 26.5. The highest BCUT2D eigenvalue weighted by atomic mass is 79.9. The van der Waals surface area contributed by atoms with Gasteiger partial charge >= 0.3 is 0 Å². The molecule has 0 aromatic carbocycles. The van der Waals surface area contributed by atoms with E-state index in [1.165, 1.54) is 11.5 Å². The minimum Gasteiger partial charge on any atom is -0.493 e. The molecule has 2 saturated heterocycles.